The van der Waals surface area contributed by atoms with Gasteiger partial charge in [-0.2, -0.15) is 0 Å². The molecule has 0 fully saturated rings. The van der Waals surface area contributed by atoms with Crippen LogP contribution in [0.1, 0.15) is 11.9 Å². The van der Waals surface area contributed by atoms with Gasteiger partial charge < -0.3 is 15.9 Å². The van der Waals surface area contributed by atoms with Crippen LogP contribution in [0.4, 0.5) is 10.1 Å². The molecular weight excluding hydrogens is 149 g/mol. The molecular formula is C7H8FNO2. The van der Waals surface area contributed by atoms with Crippen molar-refractivity contribution < 1.29 is 14.6 Å². The number of hydrogen-bond acceptors (Lipinski definition) is 3. The van der Waals surface area contributed by atoms with E-state index >= 15 is 0 Å². The van der Waals surface area contributed by atoms with E-state index in [4.69, 9.17) is 15.9 Å². The van der Waals surface area contributed by atoms with E-state index in [1.165, 1.54) is 12.1 Å². The summed E-state index contributed by atoms with van der Waals surface area (Å²) < 4.78 is 12.6. The zero-order chi connectivity index (χ0) is 8.43. The first kappa shape index (κ1) is 7.97. The summed E-state index contributed by atoms with van der Waals surface area (Å²) in [5, 5.41) is 17.2. The Hall–Kier alpha value is -1.13. The third-order valence-electron chi connectivity index (χ3n) is 1.30. The van der Waals surface area contributed by atoms with Crippen molar-refractivity contribution in [1.82, 2.24) is 0 Å². The van der Waals surface area contributed by atoms with E-state index < -0.39 is 12.1 Å². The number of benzene rings is 1. The van der Waals surface area contributed by atoms with Crippen LogP contribution in [0.3, 0.4) is 0 Å². The van der Waals surface area contributed by atoms with E-state index in [2.05, 4.69) is 0 Å². The summed E-state index contributed by atoms with van der Waals surface area (Å²) in [5.41, 5.74) is 5.37. The van der Waals surface area contributed by atoms with Crippen LogP contribution in [-0.4, -0.2) is 10.2 Å². The number of hydrogen-bond donors (Lipinski definition) is 3. The van der Waals surface area contributed by atoms with Gasteiger partial charge in [-0.15, -0.1) is 0 Å². The third kappa shape index (κ3) is 1.66. The minimum Gasteiger partial charge on any atom is -0.399 e. The third-order valence-corrected chi connectivity index (χ3v) is 1.30. The molecule has 0 aliphatic carbocycles. The van der Waals surface area contributed by atoms with Crippen molar-refractivity contribution in [1.29, 1.82) is 0 Å². The van der Waals surface area contributed by atoms with Gasteiger partial charge in [0, 0.05) is 11.3 Å². The van der Waals surface area contributed by atoms with Crippen LogP contribution in [-0.2, 0) is 0 Å². The first-order valence-electron chi connectivity index (χ1n) is 3.02. The predicted octanol–water partition coefficient (Wildman–Crippen LogP) is 0.391. The largest absolute Gasteiger partial charge is 0.399 e. The summed E-state index contributed by atoms with van der Waals surface area (Å²) in [7, 11) is 0. The molecule has 4 N–H and O–H groups in total. The average Bonchev–Trinajstić information content (AvgIpc) is 1.94. The second-order valence-electron chi connectivity index (χ2n) is 2.15. The Kier molecular flexibility index (Phi) is 2.07. The molecule has 0 radical (unpaired) electrons. The number of nitrogens with two attached hydrogens (primary N) is 1. The average molecular weight is 157 g/mol. The Labute approximate surface area is 62.9 Å². The molecule has 1 aromatic rings. The highest BCUT2D eigenvalue weighted by atomic mass is 19.1. The molecule has 0 amide bonds. The fraction of sp³-hybridized carbons (Fsp3) is 0.143. The highest BCUT2D eigenvalue weighted by Gasteiger charge is 2.08. The Morgan fingerprint density at radius 3 is 2.45 bits per heavy atom. The topological polar surface area (TPSA) is 66.5 Å². The van der Waals surface area contributed by atoms with Crippen LogP contribution in [0.25, 0.3) is 0 Å². The van der Waals surface area contributed by atoms with Gasteiger partial charge in [-0.25, -0.2) is 4.39 Å². The zero-order valence-electron chi connectivity index (χ0n) is 5.66. The predicted molar refractivity (Wildman–Crippen MR) is 38.0 cm³/mol. The van der Waals surface area contributed by atoms with Crippen molar-refractivity contribution in [2.45, 2.75) is 6.29 Å². The summed E-state index contributed by atoms with van der Waals surface area (Å²) in [6, 6.07) is 3.62. The monoisotopic (exact) mass is 157 g/mol. The van der Waals surface area contributed by atoms with Crippen LogP contribution in [0.15, 0.2) is 18.2 Å². The SMILES string of the molecule is Nc1ccc(F)c(C(O)O)c1. The lowest BCUT2D eigenvalue weighted by Crippen LogP contribution is -2.00. The number of aliphatic hydroxyl groups excluding tert-OH is 1. The summed E-state index contributed by atoms with van der Waals surface area (Å²) in [6.07, 6.45) is -1.81. The summed E-state index contributed by atoms with van der Waals surface area (Å²) >= 11 is 0. The Morgan fingerprint density at radius 2 is 2.00 bits per heavy atom. The lowest BCUT2D eigenvalue weighted by molar-refractivity contribution is -0.0448. The number of aliphatic hydroxyl groups is 2. The fourth-order valence-electron chi connectivity index (χ4n) is 0.760. The molecule has 1 rings (SSSR count). The Morgan fingerprint density at radius 1 is 1.36 bits per heavy atom. The standard InChI is InChI=1S/C7H8FNO2/c8-6-2-1-4(9)3-5(6)7(10)11/h1-3,7,10-11H,9H2. The van der Waals surface area contributed by atoms with E-state index in [0.717, 1.165) is 6.07 Å². The molecule has 4 heteroatoms. The molecule has 11 heavy (non-hydrogen) atoms. The smallest absolute Gasteiger partial charge is 0.181 e. The van der Waals surface area contributed by atoms with E-state index in [1.807, 2.05) is 0 Å². The van der Waals surface area contributed by atoms with Crippen molar-refractivity contribution in [3.05, 3.63) is 29.6 Å². The summed E-state index contributed by atoms with van der Waals surface area (Å²) in [6.45, 7) is 0. The molecule has 0 heterocycles. The molecule has 0 spiro atoms. The zero-order valence-corrected chi connectivity index (χ0v) is 5.66. The fourth-order valence-corrected chi connectivity index (χ4v) is 0.760. The van der Waals surface area contributed by atoms with Gasteiger partial charge in [0.25, 0.3) is 0 Å². The lowest BCUT2D eigenvalue weighted by Gasteiger charge is -2.05. The lowest BCUT2D eigenvalue weighted by atomic mass is 10.2. The van der Waals surface area contributed by atoms with Gasteiger partial charge in [-0.05, 0) is 18.2 Å². The van der Waals surface area contributed by atoms with Crippen molar-refractivity contribution in [3.63, 3.8) is 0 Å². The minimum absolute atomic E-state index is 0.204. The minimum atomic E-state index is -1.81. The maximum atomic E-state index is 12.6. The van der Waals surface area contributed by atoms with Gasteiger partial charge in [-0.1, -0.05) is 0 Å². The van der Waals surface area contributed by atoms with Crippen molar-refractivity contribution in [2.24, 2.45) is 0 Å². The molecule has 0 aromatic heterocycles. The van der Waals surface area contributed by atoms with Crippen LogP contribution in [0.5, 0.6) is 0 Å². The number of anilines is 1. The molecule has 0 unspecified atom stereocenters. The van der Waals surface area contributed by atoms with Gasteiger partial charge in [0.1, 0.15) is 5.82 Å². The molecule has 60 valence electrons. The second kappa shape index (κ2) is 2.86. The van der Waals surface area contributed by atoms with E-state index in [9.17, 15) is 4.39 Å². The van der Waals surface area contributed by atoms with Gasteiger partial charge >= 0.3 is 0 Å². The van der Waals surface area contributed by atoms with Crippen molar-refractivity contribution in [3.8, 4) is 0 Å². The first-order chi connectivity index (χ1) is 5.11. The molecule has 0 bridgehead atoms. The first-order valence-corrected chi connectivity index (χ1v) is 3.02. The van der Waals surface area contributed by atoms with Crippen LogP contribution in [0, 0.1) is 5.82 Å². The maximum Gasteiger partial charge on any atom is 0.181 e. The summed E-state index contributed by atoms with van der Waals surface area (Å²) in [5.74, 6) is -0.672. The van der Waals surface area contributed by atoms with Crippen LogP contribution in [0.2, 0.25) is 0 Å². The highest BCUT2D eigenvalue weighted by Crippen LogP contribution is 2.17. The van der Waals surface area contributed by atoms with E-state index in [-0.39, 0.29) is 5.56 Å². The molecule has 3 nitrogen and oxygen atoms in total. The van der Waals surface area contributed by atoms with Gasteiger partial charge in [0.2, 0.25) is 0 Å². The van der Waals surface area contributed by atoms with Crippen molar-refractivity contribution >= 4 is 5.69 Å². The summed E-state index contributed by atoms with van der Waals surface area (Å²) in [4.78, 5) is 0. The molecule has 0 aliphatic rings. The van der Waals surface area contributed by atoms with Gasteiger partial charge in [-0.3, -0.25) is 0 Å². The number of halogens is 1. The highest BCUT2D eigenvalue weighted by molar-refractivity contribution is 5.41. The molecule has 0 saturated heterocycles. The van der Waals surface area contributed by atoms with Crippen LogP contribution < -0.4 is 5.73 Å². The molecule has 1 aromatic carbocycles. The molecule has 0 saturated carbocycles. The second-order valence-corrected chi connectivity index (χ2v) is 2.15. The van der Waals surface area contributed by atoms with E-state index in [0.29, 0.717) is 5.69 Å². The molecule has 0 aliphatic heterocycles. The number of nitrogen functional groups attached to an aromatic ring is 1. The molecule has 0 atom stereocenters. The normalized spacial score (nSPS) is 10.5. The van der Waals surface area contributed by atoms with Gasteiger partial charge in [0.05, 0.1) is 0 Å². The van der Waals surface area contributed by atoms with Gasteiger partial charge in [0.15, 0.2) is 6.29 Å². The maximum absolute atomic E-state index is 12.6. The van der Waals surface area contributed by atoms with Crippen LogP contribution >= 0.6 is 0 Å². The Bertz CT molecular complexity index is 263. The van der Waals surface area contributed by atoms with Crippen molar-refractivity contribution in [2.75, 3.05) is 5.73 Å². The quantitative estimate of drug-likeness (QED) is 0.408. The number of rotatable bonds is 1. The Balaban J connectivity index is 3.13. The van der Waals surface area contributed by atoms with E-state index in [1.54, 1.807) is 0 Å².